The Bertz CT molecular complexity index is 313. The first-order chi connectivity index (χ1) is 8.43. The minimum atomic E-state index is -3.30. The lowest BCUT2D eigenvalue weighted by atomic mass is 10.6. The molecule has 8 heteroatoms. The van der Waals surface area contributed by atoms with Gasteiger partial charge in [-0.25, -0.2) is 0 Å². The van der Waals surface area contributed by atoms with Crippen LogP contribution in [0.2, 0.25) is 0 Å². The van der Waals surface area contributed by atoms with Crippen molar-refractivity contribution in [3.8, 4) is 0 Å². The molecule has 0 saturated carbocycles. The van der Waals surface area contributed by atoms with Crippen LogP contribution in [0.25, 0.3) is 0 Å². The average Bonchev–Trinajstić information content (AvgIpc) is 2.24. The standard InChI is InChI=1S/C10H20NO5PS/c1-4-15-17(14,16-5-2)8-10(13)18-7-6-11-9(3)12/h4-8H2,1-3H3,(H,11,12). The van der Waals surface area contributed by atoms with Crippen molar-refractivity contribution in [2.45, 2.75) is 20.8 Å². The van der Waals surface area contributed by atoms with Crippen molar-refractivity contribution in [3.05, 3.63) is 0 Å². The smallest absolute Gasteiger partial charge is 0.338 e. The van der Waals surface area contributed by atoms with Gasteiger partial charge in [-0.1, -0.05) is 11.8 Å². The molecule has 0 aromatic rings. The van der Waals surface area contributed by atoms with Gasteiger partial charge in [0.1, 0.15) is 6.16 Å². The molecule has 0 bridgehead atoms. The van der Waals surface area contributed by atoms with Crippen LogP contribution in [-0.2, 0) is 23.2 Å². The van der Waals surface area contributed by atoms with Gasteiger partial charge in [-0.15, -0.1) is 0 Å². The van der Waals surface area contributed by atoms with Crippen LogP contribution in [-0.4, -0.2) is 42.7 Å². The maximum atomic E-state index is 12.0. The third-order valence-electron chi connectivity index (χ3n) is 1.71. The molecule has 18 heavy (non-hydrogen) atoms. The predicted molar refractivity (Wildman–Crippen MR) is 71.9 cm³/mol. The second-order valence-electron chi connectivity index (χ2n) is 3.31. The summed E-state index contributed by atoms with van der Waals surface area (Å²) in [6.07, 6.45) is -0.237. The number of nitrogens with one attached hydrogen (secondary N) is 1. The third-order valence-corrected chi connectivity index (χ3v) is 4.78. The first-order valence-corrected chi connectivity index (χ1v) is 8.43. The van der Waals surface area contributed by atoms with Crippen LogP contribution < -0.4 is 5.32 Å². The molecule has 0 aliphatic heterocycles. The molecule has 0 radical (unpaired) electrons. The lowest BCUT2D eigenvalue weighted by Gasteiger charge is -2.15. The van der Waals surface area contributed by atoms with Crippen molar-refractivity contribution in [1.29, 1.82) is 0 Å². The minimum Gasteiger partial charge on any atom is -0.356 e. The minimum absolute atomic E-state index is 0.141. The van der Waals surface area contributed by atoms with Crippen molar-refractivity contribution in [3.63, 3.8) is 0 Å². The topological polar surface area (TPSA) is 81.7 Å². The molecule has 6 nitrogen and oxygen atoms in total. The van der Waals surface area contributed by atoms with Crippen molar-refractivity contribution < 1.29 is 23.2 Å². The molecule has 0 aromatic heterocycles. The van der Waals surface area contributed by atoms with Crippen molar-refractivity contribution >= 4 is 30.4 Å². The summed E-state index contributed by atoms with van der Waals surface area (Å²) < 4.78 is 22.0. The van der Waals surface area contributed by atoms with Crippen LogP contribution in [0, 0.1) is 0 Å². The van der Waals surface area contributed by atoms with Gasteiger partial charge in [-0.2, -0.15) is 0 Å². The second kappa shape index (κ2) is 9.55. The zero-order valence-electron chi connectivity index (χ0n) is 10.9. The van der Waals surface area contributed by atoms with E-state index in [1.807, 2.05) is 0 Å². The van der Waals surface area contributed by atoms with Gasteiger partial charge in [0, 0.05) is 19.2 Å². The first-order valence-electron chi connectivity index (χ1n) is 5.71. The van der Waals surface area contributed by atoms with Crippen molar-refractivity contribution in [1.82, 2.24) is 5.32 Å². The number of rotatable bonds is 9. The highest BCUT2D eigenvalue weighted by atomic mass is 32.2. The number of hydrogen-bond acceptors (Lipinski definition) is 6. The largest absolute Gasteiger partial charge is 0.356 e. The number of amides is 1. The zero-order valence-corrected chi connectivity index (χ0v) is 12.6. The molecule has 0 fully saturated rings. The van der Waals surface area contributed by atoms with E-state index in [9.17, 15) is 14.2 Å². The molecule has 0 saturated heterocycles. The van der Waals surface area contributed by atoms with Crippen LogP contribution in [0.1, 0.15) is 20.8 Å². The van der Waals surface area contributed by atoms with E-state index in [0.29, 0.717) is 12.3 Å². The maximum absolute atomic E-state index is 12.0. The summed E-state index contributed by atoms with van der Waals surface area (Å²) in [5, 5.41) is 2.31. The second-order valence-corrected chi connectivity index (χ2v) is 6.51. The molecular weight excluding hydrogens is 277 g/mol. The van der Waals surface area contributed by atoms with E-state index in [1.54, 1.807) is 13.8 Å². The van der Waals surface area contributed by atoms with Crippen LogP contribution in [0.3, 0.4) is 0 Å². The van der Waals surface area contributed by atoms with E-state index in [1.165, 1.54) is 6.92 Å². The normalized spacial score (nSPS) is 11.3. The Kier molecular flexibility index (Phi) is 9.36. The van der Waals surface area contributed by atoms with Crippen LogP contribution in [0.15, 0.2) is 0 Å². The Morgan fingerprint density at radius 1 is 1.22 bits per heavy atom. The van der Waals surface area contributed by atoms with Crippen molar-refractivity contribution in [2.24, 2.45) is 0 Å². The molecular formula is C10H20NO5PS. The van der Waals surface area contributed by atoms with Crippen molar-refractivity contribution in [2.75, 3.05) is 31.7 Å². The Morgan fingerprint density at radius 3 is 2.22 bits per heavy atom. The monoisotopic (exact) mass is 297 g/mol. The van der Waals surface area contributed by atoms with Gasteiger partial charge in [-0.3, -0.25) is 14.2 Å². The van der Waals surface area contributed by atoms with Gasteiger partial charge < -0.3 is 14.4 Å². The molecule has 0 heterocycles. The first kappa shape index (κ1) is 17.6. The number of carbonyl (C=O) groups excluding carboxylic acids is 2. The summed E-state index contributed by atoms with van der Waals surface area (Å²) in [6.45, 7) is 5.67. The van der Waals surface area contributed by atoms with E-state index in [0.717, 1.165) is 11.8 Å². The molecule has 0 atom stereocenters. The molecule has 1 amide bonds. The molecule has 0 aromatic carbocycles. The molecule has 0 aliphatic carbocycles. The fraction of sp³-hybridized carbons (Fsp3) is 0.800. The summed E-state index contributed by atoms with van der Waals surface area (Å²) in [4.78, 5) is 22.2. The molecule has 1 N–H and O–H groups in total. The fourth-order valence-electron chi connectivity index (χ4n) is 1.12. The number of carbonyl (C=O) groups is 2. The molecule has 0 rings (SSSR count). The highest BCUT2D eigenvalue weighted by molar-refractivity contribution is 8.14. The summed E-state index contributed by atoms with van der Waals surface area (Å²) in [5.41, 5.74) is 0. The van der Waals surface area contributed by atoms with Crippen LogP contribution >= 0.6 is 19.4 Å². The van der Waals surface area contributed by atoms with Gasteiger partial charge in [0.2, 0.25) is 11.0 Å². The SMILES string of the molecule is CCOP(=O)(CC(=O)SCCNC(C)=O)OCC. The van der Waals surface area contributed by atoms with Crippen LogP contribution in [0.5, 0.6) is 0 Å². The van der Waals surface area contributed by atoms with E-state index in [-0.39, 0.29) is 30.4 Å². The van der Waals surface area contributed by atoms with E-state index >= 15 is 0 Å². The van der Waals surface area contributed by atoms with E-state index in [2.05, 4.69) is 5.32 Å². The number of thioether (sulfide) groups is 1. The third kappa shape index (κ3) is 8.69. The predicted octanol–water partition coefficient (Wildman–Crippen LogP) is 1.65. The summed E-state index contributed by atoms with van der Waals surface area (Å²) in [6, 6.07) is 0. The number of hydrogen-bond donors (Lipinski definition) is 1. The van der Waals surface area contributed by atoms with Gasteiger partial charge in [-0.05, 0) is 13.8 Å². The fourth-order valence-corrected chi connectivity index (χ4v) is 3.75. The lowest BCUT2D eigenvalue weighted by Crippen LogP contribution is -2.23. The zero-order chi connectivity index (χ0) is 14.0. The Hall–Kier alpha value is -0.360. The molecule has 0 spiro atoms. The Morgan fingerprint density at radius 2 is 1.78 bits per heavy atom. The molecule has 0 unspecified atom stereocenters. The maximum Gasteiger partial charge on any atom is 0.338 e. The summed E-state index contributed by atoms with van der Waals surface area (Å²) >= 11 is 1.01. The Labute approximate surface area is 112 Å². The molecule has 106 valence electrons. The van der Waals surface area contributed by atoms with Gasteiger partial charge in [0.25, 0.3) is 0 Å². The highest BCUT2D eigenvalue weighted by Gasteiger charge is 2.27. The molecule has 0 aliphatic rings. The van der Waals surface area contributed by atoms with Gasteiger partial charge in [0.05, 0.1) is 13.2 Å². The van der Waals surface area contributed by atoms with Gasteiger partial charge in [0.15, 0.2) is 0 Å². The highest BCUT2D eigenvalue weighted by Crippen LogP contribution is 2.48. The summed E-state index contributed by atoms with van der Waals surface area (Å²) in [7, 11) is -3.30. The van der Waals surface area contributed by atoms with E-state index in [4.69, 9.17) is 9.05 Å². The lowest BCUT2D eigenvalue weighted by molar-refractivity contribution is -0.118. The summed E-state index contributed by atoms with van der Waals surface area (Å²) in [5.74, 6) is 0.300. The average molecular weight is 297 g/mol. The van der Waals surface area contributed by atoms with E-state index < -0.39 is 7.60 Å². The van der Waals surface area contributed by atoms with Crippen LogP contribution in [0.4, 0.5) is 0 Å². The quantitative estimate of drug-likeness (QED) is 0.515. The Balaban J connectivity index is 4.02. The van der Waals surface area contributed by atoms with Gasteiger partial charge >= 0.3 is 7.60 Å².